The molecule has 0 aliphatic rings. The van der Waals surface area contributed by atoms with E-state index in [-0.39, 0.29) is 5.91 Å². The normalized spacial score (nSPS) is 10.5. The van der Waals surface area contributed by atoms with Gasteiger partial charge in [0.15, 0.2) is 0 Å². The molecule has 0 unspecified atom stereocenters. The largest absolute Gasteiger partial charge is 0.496 e. The second kappa shape index (κ2) is 7.53. The first-order valence-electron chi connectivity index (χ1n) is 7.72. The maximum absolute atomic E-state index is 12.7. The van der Waals surface area contributed by atoms with Crippen molar-refractivity contribution >= 4 is 21.8 Å². The zero-order chi connectivity index (χ0) is 17.8. The highest BCUT2D eigenvalue weighted by Gasteiger charge is 2.21. The zero-order valence-corrected chi connectivity index (χ0v) is 15.5. The lowest BCUT2D eigenvalue weighted by molar-refractivity contribution is 0.0949. The Morgan fingerprint density at radius 3 is 2.80 bits per heavy atom. The standard InChI is InChI=1S/C19H17BrN2O3/c1-12-17(18(22-25-12)13-7-5-8-15(20)10-13)19(23)21-11-14-6-3-4-9-16(14)24-2/h3-10H,11H2,1-2H3,(H,21,23). The van der Waals surface area contributed by atoms with Crippen molar-refractivity contribution in [3.8, 4) is 17.0 Å². The number of nitrogens with zero attached hydrogens (tertiary/aromatic N) is 1. The van der Waals surface area contributed by atoms with Crippen LogP contribution in [0.2, 0.25) is 0 Å². The number of ether oxygens (including phenoxy) is 1. The predicted molar refractivity (Wildman–Crippen MR) is 98.5 cm³/mol. The van der Waals surface area contributed by atoms with Gasteiger partial charge < -0.3 is 14.6 Å². The van der Waals surface area contributed by atoms with Crippen LogP contribution in [0.15, 0.2) is 57.5 Å². The van der Waals surface area contributed by atoms with Gasteiger partial charge in [0.1, 0.15) is 22.8 Å². The second-order valence-corrected chi connectivity index (χ2v) is 6.38. The summed E-state index contributed by atoms with van der Waals surface area (Å²) in [6.45, 7) is 2.08. The van der Waals surface area contributed by atoms with E-state index in [1.54, 1.807) is 14.0 Å². The van der Waals surface area contributed by atoms with Gasteiger partial charge in [-0.3, -0.25) is 4.79 Å². The number of nitrogens with one attached hydrogen (secondary N) is 1. The topological polar surface area (TPSA) is 64.4 Å². The van der Waals surface area contributed by atoms with E-state index in [2.05, 4.69) is 26.4 Å². The van der Waals surface area contributed by atoms with Crippen LogP contribution in [-0.2, 0) is 6.54 Å². The molecule has 1 aromatic heterocycles. The maximum Gasteiger partial charge on any atom is 0.257 e. The summed E-state index contributed by atoms with van der Waals surface area (Å²) in [5.41, 5.74) is 2.68. The summed E-state index contributed by atoms with van der Waals surface area (Å²) in [7, 11) is 1.61. The molecular weight excluding hydrogens is 384 g/mol. The molecule has 0 spiro atoms. The number of hydrogen-bond donors (Lipinski definition) is 1. The molecule has 25 heavy (non-hydrogen) atoms. The summed E-state index contributed by atoms with van der Waals surface area (Å²) < 4.78 is 11.5. The van der Waals surface area contributed by atoms with Gasteiger partial charge in [-0.05, 0) is 25.1 Å². The number of carbonyl (C=O) groups is 1. The average molecular weight is 401 g/mol. The molecule has 3 rings (SSSR count). The summed E-state index contributed by atoms with van der Waals surface area (Å²) in [6, 6.07) is 15.2. The lowest BCUT2D eigenvalue weighted by atomic mass is 10.1. The molecule has 2 aromatic carbocycles. The van der Waals surface area contributed by atoms with Crippen molar-refractivity contribution in [3.05, 3.63) is 69.9 Å². The maximum atomic E-state index is 12.7. The third-order valence-corrected chi connectivity index (χ3v) is 4.31. The number of hydrogen-bond acceptors (Lipinski definition) is 4. The molecule has 6 heteroatoms. The summed E-state index contributed by atoms with van der Waals surface area (Å²) in [5.74, 6) is 0.976. The van der Waals surface area contributed by atoms with Crippen molar-refractivity contribution in [2.24, 2.45) is 0 Å². The molecule has 5 nitrogen and oxygen atoms in total. The van der Waals surface area contributed by atoms with Crippen molar-refractivity contribution in [1.82, 2.24) is 10.5 Å². The number of para-hydroxylation sites is 1. The molecule has 1 amide bonds. The summed E-state index contributed by atoms with van der Waals surface area (Å²) in [5, 5.41) is 6.97. The first-order chi connectivity index (χ1) is 12.1. The van der Waals surface area contributed by atoms with Crippen LogP contribution < -0.4 is 10.1 Å². The number of aryl methyl sites for hydroxylation is 1. The molecule has 0 atom stereocenters. The Morgan fingerprint density at radius 1 is 1.24 bits per heavy atom. The van der Waals surface area contributed by atoms with Crippen LogP contribution in [0.25, 0.3) is 11.3 Å². The molecule has 0 saturated heterocycles. The minimum absolute atomic E-state index is 0.236. The van der Waals surface area contributed by atoms with E-state index in [0.29, 0.717) is 23.6 Å². The lowest BCUT2D eigenvalue weighted by Crippen LogP contribution is -2.24. The van der Waals surface area contributed by atoms with E-state index in [4.69, 9.17) is 9.26 Å². The smallest absolute Gasteiger partial charge is 0.257 e. The van der Waals surface area contributed by atoms with E-state index < -0.39 is 0 Å². The molecule has 128 valence electrons. The zero-order valence-electron chi connectivity index (χ0n) is 13.9. The number of benzene rings is 2. The molecule has 0 fully saturated rings. The fraction of sp³-hybridized carbons (Fsp3) is 0.158. The van der Waals surface area contributed by atoms with Gasteiger partial charge in [-0.25, -0.2) is 0 Å². The van der Waals surface area contributed by atoms with Crippen LogP contribution in [0.1, 0.15) is 21.7 Å². The molecule has 0 aliphatic heterocycles. The Labute approximate surface area is 154 Å². The highest BCUT2D eigenvalue weighted by molar-refractivity contribution is 9.10. The van der Waals surface area contributed by atoms with Crippen LogP contribution in [0.3, 0.4) is 0 Å². The van der Waals surface area contributed by atoms with Gasteiger partial charge in [0.05, 0.1) is 7.11 Å². The monoisotopic (exact) mass is 400 g/mol. The number of amides is 1. The van der Waals surface area contributed by atoms with E-state index in [9.17, 15) is 4.79 Å². The average Bonchev–Trinajstić information content (AvgIpc) is 3.01. The Hall–Kier alpha value is -2.60. The van der Waals surface area contributed by atoms with Crippen LogP contribution >= 0.6 is 15.9 Å². The molecule has 3 aromatic rings. The van der Waals surface area contributed by atoms with Crippen molar-refractivity contribution in [3.63, 3.8) is 0 Å². The van der Waals surface area contributed by atoms with Crippen molar-refractivity contribution in [2.75, 3.05) is 7.11 Å². The van der Waals surface area contributed by atoms with Crippen LogP contribution in [-0.4, -0.2) is 18.2 Å². The number of aromatic nitrogens is 1. The number of rotatable bonds is 5. The minimum Gasteiger partial charge on any atom is -0.496 e. The number of methoxy groups -OCH3 is 1. The lowest BCUT2D eigenvalue weighted by Gasteiger charge is -2.09. The van der Waals surface area contributed by atoms with E-state index in [1.807, 2.05) is 48.5 Å². The van der Waals surface area contributed by atoms with Gasteiger partial charge >= 0.3 is 0 Å². The van der Waals surface area contributed by atoms with Gasteiger partial charge in [0, 0.05) is 22.1 Å². The van der Waals surface area contributed by atoms with Gasteiger partial charge in [0.2, 0.25) is 0 Å². The Bertz CT molecular complexity index is 905. The van der Waals surface area contributed by atoms with Gasteiger partial charge in [-0.15, -0.1) is 0 Å². The molecule has 0 radical (unpaired) electrons. The number of carbonyl (C=O) groups excluding carboxylic acids is 1. The summed E-state index contributed by atoms with van der Waals surface area (Å²) in [4.78, 5) is 12.7. The SMILES string of the molecule is COc1ccccc1CNC(=O)c1c(-c2cccc(Br)c2)noc1C. The fourth-order valence-electron chi connectivity index (χ4n) is 2.59. The molecular formula is C19H17BrN2O3. The Kier molecular flexibility index (Phi) is 5.19. The third-order valence-electron chi connectivity index (χ3n) is 3.82. The molecule has 0 aliphatic carbocycles. The summed E-state index contributed by atoms with van der Waals surface area (Å²) in [6.07, 6.45) is 0. The molecule has 0 bridgehead atoms. The van der Waals surface area contributed by atoms with Crippen molar-refractivity contribution in [2.45, 2.75) is 13.5 Å². The van der Waals surface area contributed by atoms with E-state index >= 15 is 0 Å². The van der Waals surface area contributed by atoms with Crippen molar-refractivity contribution < 1.29 is 14.1 Å². The number of halogens is 1. The van der Waals surface area contributed by atoms with E-state index in [0.717, 1.165) is 21.3 Å². The van der Waals surface area contributed by atoms with Gasteiger partial charge in [-0.2, -0.15) is 0 Å². The van der Waals surface area contributed by atoms with Gasteiger partial charge in [0.25, 0.3) is 5.91 Å². The fourth-order valence-corrected chi connectivity index (χ4v) is 2.98. The Balaban J connectivity index is 1.84. The predicted octanol–water partition coefficient (Wildman–Crippen LogP) is 4.35. The molecule has 1 N–H and O–H groups in total. The Morgan fingerprint density at radius 2 is 2.04 bits per heavy atom. The highest BCUT2D eigenvalue weighted by Crippen LogP contribution is 2.27. The quantitative estimate of drug-likeness (QED) is 0.691. The second-order valence-electron chi connectivity index (χ2n) is 5.47. The molecule has 1 heterocycles. The molecule has 0 saturated carbocycles. The van der Waals surface area contributed by atoms with Crippen LogP contribution in [0.4, 0.5) is 0 Å². The summed E-state index contributed by atoms with van der Waals surface area (Å²) >= 11 is 3.43. The van der Waals surface area contributed by atoms with Crippen molar-refractivity contribution in [1.29, 1.82) is 0 Å². The first-order valence-corrected chi connectivity index (χ1v) is 8.51. The first kappa shape index (κ1) is 17.2. The van der Waals surface area contributed by atoms with Crippen LogP contribution in [0, 0.1) is 6.92 Å². The highest BCUT2D eigenvalue weighted by atomic mass is 79.9. The minimum atomic E-state index is -0.236. The van der Waals surface area contributed by atoms with E-state index in [1.165, 1.54) is 0 Å². The third kappa shape index (κ3) is 3.74. The van der Waals surface area contributed by atoms with Crippen LogP contribution in [0.5, 0.6) is 5.75 Å². The van der Waals surface area contributed by atoms with Gasteiger partial charge in [-0.1, -0.05) is 51.4 Å².